The first kappa shape index (κ1) is 41.8. The Morgan fingerprint density at radius 2 is 1.64 bits per heavy atom. The number of nitrogens with one attached hydrogen (secondary N) is 5. The Labute approximate surface area is 356 Å². The minimum atomic E-state index is -3.99. The lowest BCUT2D eigenvalue weighted by Gasteiger charge is -2.30. The van der Waals surface area contributed by atoms with E-state index in [1.165, 1.54) is 4.90 Å². The molecule has 2 saturated carbocycles. The number of carbonyl (C=O) groups is 4. The van der Waals surface area contributed by atoms with Gasteiger partial charge in [-0.15, -0.1) is 0 Å². The molecule has 322 valence electrons. The van der Waals surface area contributed by atoms with Crippen molar-refractivity contribution in [3.05, 3.63) is 91.0 Å². The van der Waals surface area contributed by atoms with Crippen LogP contribution in [0.2, 0.25) is 0 Å². The van der Waals surface area contributed by atoms with E-state index < -0.39 is 62.3 Å². The van der Waals surface area contributed by atoms with Crippen LogP contribution in [0.4, 0.5) is 21.9 Å². The Morgan fingerprint density at radius 3 is 2.34 bits per heavy atom. The van der Waals surface area contributed by atoms with E-state index in [1.54, 1.807) is 25.1 Å². The van der Waals surface area contributed by atoms with Gasteiger partial charge in [0.1, 0.15) is 29.2 Å². The van der Waals surface area contributed by atoms with E-state index in [9.17, 15) is 27.6 Å². The van der Waals surface area contributed by atoms with Crippen molar-refractivity contribution >= 4 is 61.9 Å². The van der Waals surface area contributed by atoms with E-state index in [0.29, 0.717) is 41.7 Å². The maximum Gasteiger partial charge on any atom is 0.323 e. The molecule has 0 bridgehead atoms. The summed E-state index contributed by atoms with van der Waals surface area (Å²) in [5.74, 6) is -2.04. The number of sulfonamides is 1. The topological polar surface area (TPSA) is 193 Å². The molecular weight excluding hydrogens is 797 g/mol. The highest BCUT2D eigenvalue weighted by molar-refractivity contribution is 7.91. The van der Waals surface area contributed by atoms with Gasteiger partial charge in [0, 0.05) is 29.8 Å². The molecule has 61 heavy (non-hydrogen) atoms. The highest BCUT2D eigenvalue weighted by atomic mass is 32.2. The Morgan fingerprint density at radius 1 is 0.918 bits per heavy atom. The summed E-state index contributed by atoms with van der Waals surface area (Å²) in [6.07, 6.45) is 8.16. The summed E-state index contributed by atoms with van der Waals surface area (Å²) in [7, 11) is -3.99. The molecule has 8 rings (SSSR count). The van der Waals surface area contributed by atoms with Crippen molar-refractivity contribution in [3.63, 3.8) is 0 Å². The van der Waals surface area contributed by atoms with E-state index in [-0.39, 0.29) is 37.3 Å². The van der Waals surface area contributed by atoms with Gasteiger partial charge in [0.05, 0.1) is 22.5 Å². The fourth-order valence-electron chi connectivity index (χ4n) is 8.42. The van der Waals surface area contributed by atoms with Crippen LogP contribution in [0.25, 0.3) is 11.0 Å². The van der Waals surface area contributed by atoms with Gasteiger partial charge in [-0.25, -0.2) is 13.2 Å². The average molecular weight is 851 g/mol. The third-order valence-electron chi connectivity index (χ3n) is 12.3. The Bertz CT molecular complexity index is 2440. The number of fused-ring (bicyclic) bond motifs is 3. The predicted molar refractivity (Wildman–Crippen MR) is 233 cm³/mol. The number of rotatable bonds is 10. The zero-order valence-corrected chi connectivity index (χ0v) is 35.5. The second-order valence-electron chi connectivity index (χ2n) is 17.2. The number of nitrogens with zero attached hydrogens (tertiary/aromatic N) is 3. The summed E-state index contributed by atoms with van der Waals surface area (Å²) < 4.78 is 36.4. The van der Waals surface area contributed by atoms with Crippen molar-refractivity contribution in [1.82, 2.24) is 24.5 Å². The summed E-state index contributed by atoms with van der Waals surface area (Å²) in [5.41, 5.74) is 1.58. The third kappa shape index (κ3) is 8.81. The van der Waals surface area contributed by atoms with Crippen LogP contribution < -0.4 is 30.7 Å². The fourth-order valence-corrected chi connectivity index (χ4v) is 9.73. The lowest BCUT2D eigenvalue weighted by atomic mass is 10.0. The first-order chi connectivity index (χ1) is 29.3. The van der Waals surface area contributed by atoms with Crippen molar-refractivity contribution in [2.24, 2.45) is 5.92 Å². The van der Waals surface area contributed by atoms with Crippen LogP contribution in [-0.4, -0.2) is 81.6 Å². The molecule has 16 heteroatoms. The first-order valence-electron chi connectivity index (χ1n) is 21.3. The zero-order valence-electron chi connectivity index (χ0n) is 34.7. The predicted octanol–water partition coefficient (Wildman–Crippen LogP) is 6.48. The van der Waals surface area contributed by atoms with Gasteiger partial charge in [0.15, 0.2) is 0 Å². The lowest BCUT2D eigenvalue weighted by Crippen LogP contribution is -2.58. The average Bonchev–Trinajstić information content (AvgIpc) is 4.05. The Hall–Kier alpha value is -5.90. The number of ether oxygens (including phenoxy) is 1. The number of hydrogen-bond donors (Lipinski definition) is 5. The first-order valence-corrected chi connectivity index (χ1v) is 22.7. The number of para-hydroxylation sites is 3. The zero-order chi connectivity index (χ0) is 42.9. The summed E-state index contributed by atoms with van der Waals surface area (Å²) in [6.45, 7) is 5.63. The van der Waals surface area contributed by atoms with E-state index in [2.05, 4.69) is 26.0 Å². The van der Waals surface area contributed by atoms with Gasteiger partial charge in [-0.05, 0) is 95.7 Å². The smallest absolute Gasteiger partial charge is 0.323 e. The van der Waals surface area contributed by atoms with E-state index in [4.69, 9.17) is 9.72 Å². The van der Waals surface area contributed by atoms with Crippen LogP contribution in [0, 0.1) is 5.92 Å². The second-order valence-corrected chi connectivity index (χ2v) is 19.4. The molecule has 0 spiro atoms. The molecule has 3 aromatic carbocycles. The lowest BCUT2D eigenvalue weighted by molar-refractivity contribution is -0.140. The van der Waals surface area contributed by atoms with Gasteiger partial charge in [-0.2, -0.15) is 4.98 Å². The van der Waals surface area contributed by atoms with Crippen LogP contribution >= 0.6 is 0 Å². The SMILES string of the molecule is CC(C)n1c(O[C@@H]2C[C@H]3C(=O)N[C@]4(C(=O)NS(=O)(=O)C5(C)CC5)C[C@H]4C=CCCCCC[C@H](Nc4ccccc4)C(=O)N3C2)nc2c(NC(=O)Nc3ccccc3)cccc21. The van der Waals surface area contributed by atoms with Crippen LogP contribution in [0.3, 0.4) is 0 Å². The molecule has 4 aromatic rings. The van der Waals surface area contributed by atoms with Gasteiger partial charge in [-0.3, -0.25) is 23.7 Å². The van der Waals surface area contributed by atoms with Crippen molar-refractivity contribution in [2.75, 3.05) is 22.5 Å². The molecule has 5 amide bonds. The number of aromatic nitrogens is 2. The largest absolute Gasteiger partial charge is 0.459 e. The molecule has 4 aliphatic rings. The number of allylic oxidation sites excluding steroid dienone is 1. The molecule has 5 atom stereocenters. The van der Waals surface area contributed by atoms with Gasteiger partial charge >= 0.3 is 6.03 Å². The Kier molecular flexibility index (Phi) is 11.6. The number of urea groups is 1. The minimum Gasteiger partial charge on any atom is -0.459 e. The molecule has 2 aliphatic carbocycles. The number of amides is 5. The molecule has 1 saturated heterocycles. The van der Waals surface area contributed by atoms with Crippen LogP contribution in [0.15, 0.2) is 91.0 Å². The monoisotopic (exact) mass is 850 g/mol. The highest BCUT2D eigenvalue weighted by Gasteiger charge is 2.63. The molecule has 15 nitrogen and oxygen atoms in total. The molecule has 3 heterocycles. The van der Waals surface area contributed by atoms with E-state index in [1.807, 2.05) is 91.2 Å². The number of carbonyl (C=O) groups excluding carboxylic acids is 4. The molecule has 0 unspecified atom stereocenters. The minimum absolute atomic E-state index is 0.0467. The van der Waals surface area contributed by atoms with Crippen LogP contribution in [0.5, 0.6) is 6.01 Å². The number of benzene rings is 3. The number of imidazole rings is 1. The molecule has 0 radical (unpaired) electrons. The standard InChI is InChI=1S/C45H54N8O7S/c1-29(2)53-36-23-15-22-34(48-42(57)47-32-19-12-8-13-20-32)38(36)49-43(53)60-33-26-37-39(54)50-45(41(56)51-61(58,59)44(3)24-25-44)27-30(45)16-9-5-4-6-14-21-35(40(55)52(37)28-33)46-31-17-10-7-11-18-31/h7-13,15-20,22-23,29-30,33,35,37,46H,4-6,14,21,24-28H2,1-3H3,(H,50,54)(H,51,56)(H2,47,48,57)/t30-,33-,35+,37+,45-/m1/s1. The highest BCUT2D eigenvalue weighted by Crippen LogP contribution is 2.47. The molecule has 3 fully saturated rings. The van der Waals surface area contributed by atoms with Gasteiger partial charge in [-0.1, -0.05) is 67.5 Å². The van der Waals surface area contributed by atoms with Gasteiger partial charge in [0.2, 0.25) is 21.8 Å². The number of anilines is 3. The summed E-state index contributed by atoms with van der Waals surface area (Å²) in [6, 6.07) is 22.0. The van der Waals surface area contributed by atoms with Crippen molar-refractivity contribution in [2.45, 2.75) is 113 Å². The van der Waals surface area contributed by atoms with Crippen molar-refractivity contribution < 1.29 is 32.3 Å². The maximum atomic E-state index is 14.8. The maximum absolute atomic E-state index is 14.8. The van der Waals surface area contributed by atoms with E-state index >= 15 is 0 Å². The van der Waals surface area contributed by atoms with E-state index in [0.717, 1.165) is 31.4 Å². The quantitative estimate of drug-likeness (QED) is 0.111. The Balaban J connectivity index is 1.10. The summed E-state index contributed by atoms with van der Waals surface area (Å²) >= 11 is 0. The van der Waals surface area contributed by atoms with Gasteiger partial charge in [0.25, 0.3) is 11.9 Å². The summed E-state index contributed by atoms with van der Waals surface area (Å²) in [4.78, 5) is 62.9. The molecule has 5 N–H and O–H groups in total. The third-order valence-corrected chi connectivity index (χ3v) is 14.5. The molecular formula is C45H54N8O7S. The molecule has 1 aromatic heterocycles. The van der Waals surface area contributed by atoms with Crippen molar-refractivity contribution in [3.8, 4) is 6.01 Å². The fraction of sp³-hybridized carbons (Fsp3) is 0.444. The number of hydrogen-bond acceptors (Lipinski definition) is 9. The van der Waals surface area contributed by atoms with Crippen molar-refractivity contribution in [1.29, 1.82) is 0 Å². The van der Waals surface area contributed by atoms with Crippen LogP contribution in [-0.2, 0) is 24.4 Å². The normalized spacial score (nSPS) is 25.0. The molecule has 2 aliphatic heterocycles. The van der Waals surface area contributed by atoms with Crippen LogP contribution in [0.1, 0.15) is 84.6 Å². The summed E-state index contributed by atoms with van der Waals surface area (Å²) in [5, 5.41) is 12.1. The second kappa shape index (κ2) is 16.9. The van der Waals surface area contributed by atoms with Gasteiger partial charge < -0.3 is 30.9 Å².